The van der Waals surface area contributed by atoms with E-state index in [1.807, 2.05) is 25.8 Å². The summed E-state index contributed by atoms with van der Waals surface area (Å²) < 4.78 is 0. The molecule has 2 unspecified atom stereocenters. The fourth-order valence-corrected chi connectivity index (χ4v) is 3.09. The van der Waals surface area contributed by atoms with E-state index in [1.165, 1.54) is 12.8 Å². The Morgan fingerprint density at radius 1 is 1.42 bits per heavy atom. The highest BCUT2D eigenvalue weighted by Crippen LogP contribution is 2.35. The number of hydrogen-bond acceptors (Lipinski definition) is 3. The number of rotatable bonds is 5. The number of nitrogens with two attached hydrogens (primary N) is 1. The molecule has 1 rings (SSSR count). The first-order valence-electron chi connectivity index (χ1n) is 7.49. The second-order valence-electron chi connectivity index (χ2n) is 6.58. The molecule has 0 saturated heterocycles. The number of hydrogen-bond donors (Lipinski definition) is 1. The van der Waals surface area contributed by atoms with Crippen molar-refractivity contribution in [1.29, 1.82) is 0 Å². The van der Waals surface area contributed by atoms with Gasteiger partial charge in [0.05, 0.1) is 6.54 Å². The van der Waals surface area contributed by atoms with Crippen molar-refractivity contribution in [3.8, 4) is 0 Å². The van der Waals surface area contributed by atoms with Crippen LogP contribution in [0.1, 0.15) is 46.5 Å². The highest BCUT2D eigenvalue weighted by molar-refractivity contribution is 5.78. The van der Waals surface area contributed by atoms with Crippen molar-refractivity contribution in [2.24, 2.45) is 11.7 Å². The zero-order valence-corrected chi connectivity index (χ0v) is 13.3. The Hall–Kier alpha value is -0.610. The van der Waals surface area contributed by atoms with Crippen LogP contribution in [0, 0.1) is 5.92 Å². The van der Waals surface area contributed by atoms with Gasteiger partial charge in [-0.25, -0.2) is 0 Å². The fraction of sp³-hybridized carbons (Fsp3) is 0.933. The lowest BCUT2D eigenvalue weighted by Gasteiger charge is -2.46. The Morgan fingerprint density at radius 2 is 2.05 bits per heavy atom. The number of carbonyl (C=O) groups excluding carboxylic acids is 1. The lowest BCUT2D eigenvalue weighted by atomic mass is 9.75. The molecule has 0 aromatic rings. The number of carbonyl (C=O) groups is 1. The Bertz CT molecular complexity index is 306. The van der Waals surface area contributed by atoms with Crippen LogP contribution in [-0.2, 0) is 4.79 Å². The molecule has 1 aliphatic rings. The Kier molecular flexibility index (Phi) is 5.81. The van der Waals surface area contributed by atoms with E-state index < -0.39 is 0 Å². The van der Waals surface area contributed by atoms with Crippen LogP contribution < -0.4 is 5.73 Å². The van der Waals surface area contributed by atoms with Gasteiger partial charge in [0, 0.05) is 25.2 Å². The van der Waals surface area contributed by atoms with Crippen molar-refractivity contribution >= 4 is 5.91 Å². The lowest BCUT2D eigenvalue weighted by molar-refractivity contribution is -0.134. The average Bonchev–Trinajstić information content (AvgIpc) is 2.37. The zero-order chi connectivity index (χ0) is 14.6. The van der Waals surface area contributed by atoms with Crippen LogP contribution in [0.5, 0.6) is 0 Å². The third-order valence-corrected chi connectivity index (χ3v) is 4.80. The predicted molar refractivity (Wildman–Crippen MR) is 80.0 cm³/mol. The first kappa shape index (κ1) is 16.4. The summed E-state index contributed by atoms with van der Waals surface area (Å²) in [5.41, 5.74) is 6.07. The Morgan fingerprint density at radius 3 is 2.53 bits per heavy atom. The Balaban J connectivity index is 2.68. The summed E-state index contributed by atoms with van der Waals surface area (Å²) in [5, 5.41) is 0. The maximum Gasteiger partial charge on any atom is 0.236 e. The summed E-state index contributed by atoms with van der Waals surface area (Å²) in [7, 11) is 3.93. The van der Waals surface area contributed by atoms with Gasteiger partial charge in [0.15, 0.2) is 0 Å². The summed E-state index contributed by atoms with van der Waals surface area (Å²) in [4.78, 5) is 16.2. The second-order valence-corrected chi connectivity index (χ2v) is 6.58. The molecule has 0 aliphatic heterocycles. The molecule has 0 bridgehead atoms. The van der Waals surface area contributed by atoms with Gasteiger partial charge in [-0.05, 0) is 39.7 Å². The molecular weight excluding hydrogens is 238 g/mol. The van der Waals surface area contributed by atoms with E-state index in [4.69, 9.17) is 5.73 Å². The molecule has 1 aliphatic carbocycles. The quantitative estimate of drug-likeness (QED) is 0.826. The van der Waals surface area contributed by atoms with E-state index in [2.05, 4.69) is 18.9 Å². The van der Waals surface area contributed by atoms with Crippen molar-refractivity contribution < 1.29 is 4.79 Å². The van der Waals surface area contributed by atoms with E-state index in [-0.39, 0.29) is 17.5 Å². The van der Waals surface area contributed by atoms with E-state index >= 15 is 0 Å². The maximum absolute atomic E-state index is 12.2. The Labute approximate surface area is 118 Å². The summed E-state index contributed by atoms with van der Waals surface area (Å²) in [6, 6.07) is 0.250. The van der Waals surface area contributed by atoms with Crippen LogP contribution >= 0.6 is 0 Å². The lowest BCUT2D eigenvalue weighted by Crippen LogP contribution is -2.57. The van der Waals surface area contributed by atoms with Crippen molar-refractivity contribution in [3.05, 3.63) is 0 Å². The molecule has 1 fully saturated rings. The number of nitrogens with zero attached hydrogens (tertiary/aromatic N) is 2. The molecule has 19 heavy (non-hydrogen) atoms. The molecular formula is C15H31N3O. The third kappa shape index (κ3) is 3.93. The van der Waals surface area contributed by atoms with Gasteiger partial charge in [-0.3, -0.25) is 9.69 Å². The highest BCUT2D eigenvalue weighted by Gasteiger charge is 2.38. The van der Waals surface area contributed by atoms with Gasteiger partial charge in [0.2, 0.25) is 5.91 Å². The minimum Gasteiger partial charge on any atom is -0.342 e. The van der Waals surface area contributed by atoms with Gasteiger partial charge in [0.25, 0.3) is 0 Å². The van der Waals surface area contributed by atoms with Gasteiger partial charge >= 0.3 is 0 Å². The summed E-state index contributed by atoms with van der Waals surface area (Å²) in [6.07, 6.45) is 4.73. The van der Waals surface area contributed by atoms with Gasteiger partial charge < -0.3 is 10.6 Å². The van der Waals surface area contributed by atoms with Crippen LogP contribution in [0.4, 0.5) is 0 Å². The SMILES string of the molecule is CC1CCCC(CN)(N(C)CC(=O)N(C)C(C)C)C1. The first-order chi connectivity index (χ1) is 8.82. The standard InChI is InChI=1S/C15H31N3O/c1-12(2)18(5)14(19)10-17(4)15(11-16)8-6-7-13(3)9-15/h12-13H,6-11,16H2,1-5H3. The number of amides is 1. The molecule has 2 atom stereocenters. The summed E-state index contributed by atoms with van der Waals surface area (Å²) in [6.45, 7) is 7.49. The smallest absolute Gasteiger partial charge is 0.236 e. The molecule has 4 heteroatoms. The molecule has 1 amide bonds. The maximum atomic E-state index is 12.2. The van der Waals surface area contributed by atoms with Gasteiger partial charge in [-0.2, -0.15) is 0 Å². The minimum atomic E-state index is 0.0190. The van der Waals surface area contributed by atoms with Crippen molar-refractivity contribution in [3.63, 3.8) is 0 Å². The average molecular weight is 269 g/mol. The molecule has 0 aromatic heterocycles. The predicted octanol–water partition coefficient (Wildman–Crippen LogP) is 1.69. The second kappa shape index (κ2) is 6.71. The van der Waals surface area contributed by atoms with Gasteiger partial charge in [-0.1, -0.05) is 19.8 Å². The van der Waals surface area contributed by atoms with Crippen LogP contribution in [0.15, 0.2) is 0 Å². The van der Waals surface area contributed by atoms with Crippen molar-refractivity contribution in [2.45, 2.75) is 58.0 Å². The minimum absolute atomic E-state index is 0.0190. The van der Waals surface area contributed by atoms with E-state index in [0.717, 1.165) is 12.8 Å². The molecule has 1 saturated carbocycles. The summed E-state index contributed by atoms with van der Waals surface area (Å²) in [5.74, 6) is 0.890. The zero-order valence-electron chi connectivity index (χ0n) is 13.3. The largest absolute Gasteiger partial charge is 0.342 e. The highest BCUT2D eigenvalue weighted by atomic mass is 16.2. The van der Waals surface area contributed by atoms with Crippen molar-refractivity contribution in [2.75, 3.05) is 27.2 Å². The van der Waals surface area contributed by atoms with Crippen LogP contribution in [0.25, 0.3) is 0 Å². The molecule has 0 spiro atoms. The van der Waals surface area contributed by atoms with Gasteiger partial charge in [-0.15, -0.1) is 0 Å². The fourth-order valence-electron chi connectivity index (χ4n) is 3.09. The first-order valence-corrected chi connectivity index (χ1v) is 7.49. The van der Waals surface area contributed by atoms with E-state index in [1.54, 1.807) is 0 Å². The van der Waals surface area contributed by atoms with Crippen LogP contribution in [0.3, 0.4) is 0 Å². The molecule has 0 heterocycles. The van der Waals surface area contributed by atoms with Crippen LogP contribution in [0.2, 0.25) is 0 Å². The van der Waals surface area contributed by atoms with E-state index in [9.17, 15) is 4.79 Å². The van der Waals surface area contributed by atoms with Crippen molar-refractivity contribution in [1.82, 2.24) is 9.80 Å². The molecule has 4 nitrogen and oxygen atoms in total. The summed E-state index contributed by atoms with van der Waals surface area (Å²) >= 11 is 0. The van der Waals surface area contributed by atoms with Gasteiger partial charge in [0.1, 0.15) is 0 Å². The number of likely N-dealkylation sites (N-methyl/N-ethyl adjacent to an activating group) is 2. The van der Waals surface area contributed by atoms with Crippen LogP contribution in [-0.4, -0.2) is 54.5 Å². The topological polar surface area (TPSA) is 49.6 Å². The normalized spacial score (nSPS) is 27.9. The molecule has 0 radical (unpaired) electrons. The molecule has 112 valence electrons. The molecule has 2 N–H and O–H groups in total. The van der Waals surface area contributed by atoms with E-state index in [0.29, 0.717) is 19.0 Å². The molecule has 0 aromatic carbocycles. The third-order valence-electron chi connectivity index (χ3n) is 4.80. The monoisotopic (exact) mass is 269 g/mol.